The highest BCUT2D eigenvalue weighted by molar-refractivity contribution is 6.00. The van der Waals surface area contributed by atoms with E-state index in [9.17, 15) is 4.79 Å². The van der Waals surface area contributed by atoms with Crippen LogP contribution in [0.5, 0.6) is 5.75 Å². The molecule has 0 bridgehead atoms. The number of anilines is 2. The van der Waals surface area contributed by atoms with E-state index >= 15 is 0 Å². The first-order valence-corrected chi connectivity index (χ1v) is 8.01. The highest BCUT2D eigenvalue weighted by Crippen LogP contribution is 2.41. The molecule has 0 saturated carbocycles. The van der Waals surface area contributed by atoms with Crippen LogP contribution < -0.4 is 10.1 Å². The van der Waals surface area contributed by atoms with Gasteiger partial charge in [0.1, 0.15) is 11.9 Å². The predicted octanol–water partition coefficient (Wildman–Crippen LogP) is 2.88. The zero-order chi connectivity index (χ0) is 17.4. The molecule has 0 saturated heterocycles. The summed E-state index contributed by atoms with van der Waals surface area (Å²) < 4.78 is 6.01. The standard InChI is InChI=1S/C19H18N4O2/c1-23(2)18(24)12-4-3-5-16-14(10-12)15-11-13(6-7-17(15)25-16)22-19-20-8-9-21-19/h3-11,16H,1-2H3,(H2,20,21,22). The monoisotopic (exact) mass is 334 g/mol. The minimum Gasteiger partial charge on any atom is -0.481 e. The van der Waals surface area contributed by atoms with Crippen molar-refractivity contribution >= 4 is 23.1 Å². The second-order valence-corrected chi connectivity index (χ2v) is 6.12. The Bertz CT molecular complexity index is 908. The number of nitrogens with one attached hydrogen (secondary N) is 2. The third kappa shape index (κ3) is 2.82. The number of carbonyl (C=O) groups is 1. The number of likely N-dealkylation sites (N-methyl/N-ethyl adjacent to an activating group) is 1. The summed E-state index contributed by atoms with van der Waals surface area (Å²) >= 11 is 0. The maximum absolute atomic E-state index is 12.3. The molecule has 1 aliphatic carbocycles. The number of nitrogens with zero attached hydrogens (tertiary/aromatic N) is 2. The minimum atomic E-state index is -0.183. The van der Waals surface area contributed by atoms with Crippen LogP contribution in [0.4, 0.5) is 11.6 Å². The second kappa shape index (κ2) is 5.98. The molecule has 0 radical (unpaired) electrons. The normalized spacial score (nSPS) is 17.6. The Morgan fingerprint density at radius 1 is 1.36 bits per heavy atom. The number of H-pyrrole nitrogens is 1. The molecule has 6 heteroatoms. The lowest BCUT2D eigenvalue weighted by atomic mass is 10.00. The molecule has 1 atom stereocenters. The van der Waals surface area contributed by atoms with E-state index in [1.807, 2.05) is 42.5 Å². The Balaban J connectivity index is 1.71. The molecule has 4 rings (SSSR count). The van der Waals surface area contributed by atoms with Crippen molar-refractivity contribution in [3.63, 3.8) is 0 Å². The lowest BCUT2D eigenvalue weighted by Gasteiger charge is -2.11. The van der Waals surface area contributed by atoms with E-state index in [1.54, 1.807) is 31.4 Å². The molecule has 2 heterocycles. The first kappa shape index (κ1) is 15.3. The number of ether oxygens (including phenoxy) is 1. The number of fused-ring (bicyclic) bond motifs is 3. The van der Waals surface area contributed by atoms with Crippen molar-refractivity contribution in [1.29, 1.82) is 0 Å². The molecule has 1 aromatic carbocycles. The molecule has 25 heavy (non-hydrogen) atoms. The number of imidazole rings is 1. The molecule has 1 amide bonds. The molecular formula is C19H18N4O2. The van der Waals surface area contributed by atoms with Crippen LogP contribution in [0.1, 0.15) is 5.56 Å². The first-order chi connectivity index (χ1) is 12.1. The molecule has 2 aliphatic rings. The Morgan fingerprint density at radius 3 is 3.00 bits per heavy atom. The van der Waals surface area contributed by atoms with Gasteiger partial charge in [-0.3, -0.25) is 4.79 Å². The Hall–Kier alpha value is -3.28. The Labute approximate surface area is 145 Å². The molecule has 0 fully saturated rings. The zero-order valence-electron chi connectivity index (χ0n) is 14.0. The number of allylic oxidation sites excluding steroid dienone is 2. The number of aromatic amines is 1. The Morgan fingerprint density at radius 2 is 2.24 bits per heavy atom. The summed E-state index contributed by atoms with van der Waals surface area (Å²) in [4.78, 5) is 21.1. The van der Waals surface area contributed by atoms with Gasteiger partial charge in [-0.15, -0.1) is 0 Å². The summed E-state index contributed by atoms with van der Waals surface area (Å²) in [6.07, 6.45) is 10.8. The number of amides is 1. The van der Waals surface area contributed by atoms with E-state index in [2.05, 4.69) is 15.3 Å². The zero-order valence-corrected chi connectivity index (χ0v) is 14.0. The van der Waals surface area contributed by atoms with Crippen molar-refractivity contribution in [3.05, 3.63) is 66.0 Å². The van der Waals surface area contributed by atoms with Gasteiger partial charge in [0.25, 0.3) is 5.91 Å². The topological polar surface area (TPSA) is 70.2 Å². The van der Waals surface area contributed by atoms with Gasteiger partial charge in [0, 0.05) is 48.9 Å². The molecule has 2 N–H and O–H groups in total. The van der Waals surface area contributed by atoms with Crippen LogP contribution in [0.2, 0.25) is 0 Å². The predicted molar refractivity (Wildman–Crippen MR) is 96.6 cm³/mol. The maximum atomic E-state index is 12.3. The largest absolute Gasteiger partial charge is 0.481 e. The third-order valence-corrected chi connectivity index (χ3v) is 4.14. The summed E-state index contributed by atoms with van der Waals surface area (Å²) in [6.45, 7) is 0. The fourth-order valence-corrected chi connectivity index (χ4v) is 2.93. The minimum absolute atomic E-state index is 0.0314. The highest BCUT2D eigenvalue weighted by Gasteiger charge is 2.29. The highest BCUT2D eigenvalue weighted by atomic mass is 16.5. The third-order valence-electron chi connectivity index (χ3n) is 4.14. The average Bonchev–Trinajstić information content (AvgIpc) is 3.16. The maximum Gasteiger partial charge on any atom is 0.253 e. The van der Waals surface area contributed by atoms with Crippen molar-refractivity contribution in [2.75, 3.05) is 19.4 Å². The van der Waals surface area contributed by atoms with Gasteiger partial charge >= 0.3 is 0 Å². The molecule has 0 spiro atoms. The average molecular weight is 334 g/mol. The van der Waals surface area contributed by atoms with Gasteiger partial charge in [0.05, 0.1) is 0 Å². The summed E-state index contributed by atoms with van der Waals surface area (Å²) in [5.74, 6) is 1.45. The summed E-state index contributed by atoms with van der Waals surface area (Å²) in [5.41, 5.74) is 3.50. The Kier molecular flexibility index (Phi) is 3.65. The molecule has 2 aromatic rings. The van der Waals surface area contributed by atoms with E-state index in [0.717, 1.165) is 22.6 Å². The van der Waals surface area contributed by atoms with Gasteiger partial charge in [-0.2, -0.15) is 0 Å². The van der Waals surface area contributed by atoms with Crippen molar-refractivity contribution in [2.24, 2.45) is 0 Å². The van der Waals surface area contributed by atoms with Gasteiger partial charge in [0.15, 0.2) is 0 Å². The van der Waals surface area contributed by atoms with Crippen molar-refractivity contribution in [3.8, 4) is 5.75 Å². The molecule has 1 aromatic heterocycles. The quantitative estimate of drug-likeness (QED) is 0.905. The molecule has 126 valence electrons. The van der Waals surface area contributed by atoms with E-state index in [1.165, 1.54) is 0 Å². The summed E-state index contributed by atoms with van der Waals surface area (Å²) in [5, 5.41) is 3.22. The van der Waals surface area contributed by atoms with E-state index in [-0.39, 0.29) is 12.0 Å². The lowest BCUT2D eigenvalue weighted by Crippen LogP contribution is -2.22. The van der Waals surface area contributed by atoms with Gasteiger partial charge < -0.3 is 19.9 Å². The van der Waals surface area contributed by atoms with Crippen molar-refractivity contribution in [1.82, 2.24) is 14.9 Å². The van der Waals surface area contributed by atoms with E-state index in [4.69, 9.17) is 4.74 Å². The second-order valence-electron chi connectivity index (χ2n) is 6.12. The molecule has 1 unspecified atom stereocenters. The number of rotatable bonds is 3. The SMILES string of the molecule is CN(C)C(=O)C1=CC=CC2Oc3ccc(Nc4ncc[nH]4)cc3C2=C1. The number of hydrogen-bond acceptors (Lipinski definition) is 4. The molecule has 1 aliphatic heterocycles. The van der Waals surface area contributed by atoms with E-state index < -0.39 is 0 Å². The van der Waals surface area contributed by atoms with Crippen molar-refractivity contribution in [2.45, 2.75) is 6.10 Å². The van der Waals surface area contributed by atoms with Gasteiger partial charge in [-0.05, 0) is 36.4 Å². The number of carbonyl (C=O) groups excluding carboxylic acids is 1. The number of aromatic nitrogens is 2. The van der Waals surface area contributed by atoms with Gasteiger partial charge in [-0.25, -0.2) is 4.98 Å². The molecule has 6 nitrogen and oxygen atoms in total. The van der Waals surface area contributed by atoms with E-state index in [0.29, 0.717) is 11.5 Å². The van der Waals surface area contributed by atoms with Crippen LogP contribution >= 0.6 is 0 Å². The van der Waals surface area contributed by atoms with Crippen molar-refractivity contribution < 1.29 is 9.53 Å². The van der Waals surface area contributed by atoms with Crippen LogP contribution in [-0.4, -0.2) is 41.0 Å². The number of hydrogen-bond donors (Lipinski definition) is 2. The fourth-order valence-electron chi connectivity index (χ4n) is 2.93. The van der Waals surface area contributed by atoms with Gasteiger partial charge in [0.2, 0.25) is 5.95 Å². The van der Waals surface area contributed by atoms with Crippen LogP contribution in [-0.2, 0) is 4.79 Å². The number of benzene rings is 1. The fraction of sp³-hybridized carbons (Fsp3) is 0.158. The summed E-state index contributed by atoms with van der Waals surface area (Å²) in [7, 11) is 3.50. The molecular weight excluding hydrogens is 316 g/mol. The first-order valence-electron chi connectivity index (χ1n) is 8.01. The lowest BCUT2D eigenvalue weighted by molar-refractivity contribution is -0.124. The summed E-state index contributed by atoms with van der Waals surface area (Å²) in [6, 6.07) is 5.89. The van der Waals surface area contributed by atoms with Crippen LogP contribution in [0.3, 0.4) is 0 Å². The van der Waals surface area contributed by atoms with Crippen LogP contribution in [0.25, 0.3) is 5.57 Å². The van der Waals surface area contributed by atoms with Gasteiger partial charge in [-0.1, -0.05) is 6.08 Å². The van der Waals surface area contributed by atoms with Crippen LogP contribution in [0.15, 0.2) is 60.5 Å². The van der Waals surface area contributed by atoms with Crippen LogP contribution in [0, 0.1) is 0 Å². The smallest absolute Gasteiger partial charge is 0.253 e.